The van der Waals surface area contributed by atoms with Gasteiger partial charge in [0, 0.05) is 13.2 Å². The van der Waals surface area contributed by atoms with Gasteiger partial charge in [0.05, 0.1) is 6.04 Å². The molecule has 4 nitrogen and oxygen atoms in total. The Morgan fingerprint density at radius 3 is 3.11 bits per heavy atom. The number of nitrogens with one attached hydrogen (secondary N) is 1. The molecule has 1 atom stereocenters. The lowest BCUT2D eigenvalue weighted by Gasteiger charge is -2.00. The highest BCUT2D eigenvalue weighted by atomic mass is 16.3. The molecule has 51 valence electrons. The number of amides is 2. The number of urea groups is 1. The van der Waals surface area contributed by atoms with E-state index in [-0.39, 0.29) is 18.7 Å². The first-order valence-corrected chi connectivity index (χ1v) is 2.92. The fraction of sp³-hybridized carbons (Fsp3) is 0.800. The second-order valence-corrected chi connectivity index (χ2v) is 1.98. The Morgan fingerprint density at radius 2 is 2.67 bits per heavy atom. The fourth-order valence-corrected chi connectivity index (χ4v) is 0.778. The van der Waals surface area contributed by atoms with Crippen molar-refractivity contribution in [1.82, 2.24) is 10.6 Å². The van der Waals surface area contributed by atoms with E-state index in [1.54, 1.807) is 0 Å². The molecule has 0 spiro atoms. The Kier molecular flexibility index (Phi) is 1.89. The van der Waals surface area contributed by atoms with Gasteiger partial charge in [-0.25, -0.2) is 10.1 Å². The van der Waals surface area contributed by atoms with E-state index in [1.165, 1.54) is 0 Å². The largest absolute Gasteiger partial charge is 0.396 e. The first-order chi connectivity index (χ1) is 4.33. The van der Waals surface area contributed by atoms with E-state index in [9.17, 15) is 4.79 Å². The maximum absolute atomic E-state index is 10.4. The predicted octanol–water partition coefficient (Wildman–Crippen LogP) is -0.935. The molecule has 1 aliphatic rings. The lowest BCUT2D eigenvalue weighted by atomic mass is 10.2. The summed E-state index contributed by atoms with van der Waals surface area (Å²) in [5.74, 6) is 0. The number of carbonyl (C=O) groups is 1. The third-order valence-electron chi connectivity index (χ3n) is 1.25. The lowest BCUT2D eigenvalue weighted by Crippen LogP contribution is -2.19. The molecule has 0 aromatic carbocycles. The van der Waals surface area contributed by atoms with Crippen molar-refractivity contribution in [2.75, 3.05) is 13.2 Å². The van der Waals surface area contributed by atoms with Crippen molar-refractivity contribution in [2.45, 2.75) is 12.5 Å². The molecule has 1 unspecified atom stereocenters. The van der Waals surface area contributed by atoms with Crippen molar-refractivity contribution in [3.05, 3.63) is 0 Å². The van der Waals surface area contributed by atoms with Gasteiger partial charge in [-0.15, -0.1) is 0 Å². The summed E-state index contributed by atoms with van der Waals surface area (Å²) in [6.45, 7) is 0.683. The fourth-order valence-electron chi connectivity index (χ4n) is 0.778. The average molecular weight is 129 g/mol. The van der Waals surface area contributed by atoms with Gasteiger partial charge in [-0.05, 0) is 6.42 Å². The zero-order valence-electron chi connectivity index (χ0n) is 5.00. The molecule has 1 fully saturated rings. The van der Waals surface area contributed by atoms with Crippen LogP contribution in [0.15, 0.2) is 0 Å². The minimum Gasteiger partial charge on any atom is -0.396 e. The smallest absolute Gasteiger partial charge is 0.336 e. The van der Waals surface area contributed by atoms with E-state index in [0.717, 1.165) is 0 Å². The molecule has 2 N–H and O–H groups in total. The Morgan fingerprint density at radius 1 is 1.89 bits per heavy atom. The van der Waals surface area contributed by atoms with Crippen molar-refractivity contribution in [2.24, 2.45) is 0 Å². The Labute approximate surface area is 53.2 Å². The summed E-state index contributed by atoms with van der Waals surface area (Å²) in [6, 6.07) is -0.254. The van der Waals surface area contributed by atoms with Crippen molar-refractivity contribution in [1.29, 1.82) is 0 Å². The second kappa shape index (κ2) is 2.68. The van der Waals surface area contributed by atoms with Crippen LogP contribution in [0.3, 0.4) is 0 Å². The van der Waals surface area contributed by atoms with Gasteiger partial charge in [-0.1, -0.05) is 0 Å². The van der Waals surface area contributed by atoms with Gasteiger partial charge >= 0.3 is 6.03 Å². The summed E-state index contributed by atoms with van der Waals surface area (Å²) in [4.78, 5) is 10.4. The zero-order valence-corrected chi connectivity index (χ0v) is 5.00. The Bertz CT molecular complexity index is 116. The quantitative estimate of drug-likeness (QED) is 0.505. The number of hydrogen-bond donors (Lipinski definition) is 2. The number of hydrogen-bond acceptors (Lipinski definition) is 2. The molecule has 1 rings (SSSR count). The summed E-state index contributed by atoms with van der Waals surface area (Å²) in [6.07, 6.45) is 0.582. The third-order valence-corrected chi connectivity index (χ3v) is 1.25. The maximum Gasteiger partial charge on any atom is 0.336 e. The van der Waals surface area contributed by atoms with Crippen molar-refractivity contribution < 1.29 is 9.90 Å². The van der Waals surface area contributed by atoms with Gasteiger partial charge in [0.25, 0.3) is 0 Å². The van der Waals surface area contributed by atoms with E-state index in [1.807, 2.05) is 0 Å². The molecular weight excluding hydrogens is 120 g/mol. The summed E-state index contributed by atoms with van der Waals surface area (Å²) in [5.41, 5.74) is 0. The molecule has 0 saturated carbocycles. The van der Waals surface area contributed by atoms with E-state index in [4.69, 9.17) is 5.11 Å². The standard InChI is InChI=1S/C5H9N2O2/c8-2-1-4-3-6-5(9)7-4/h4,8H,1-3H2,(H,6,9). The third kappa shape index (κ3) is 1.57. The van der Waals surface area contributed by atoms with Crippen LogP contribution in [0.2, 0.25) is 0 Å². The molecule has 0 aromatic rings. The first-order valence-electron chi connectivity index (χ1n) is 2.92. The average Bonchev–Trinajstić information content (AvgIpc) is 2.17. The number of nitrogens with zero attached hydrogens (tertiary/aromatic N) is 1. The lowest BCUT2D eigenvalue weighted by molar-refractivity contribution is 0.244. The summed E-state index contributed by atoms with van der Waals surface area (Å²) >= 11 is 0. The topological polar surface area (TPSA) is 63.4 Å². The molecule has 0 bridgehead atoms. The maximum atomic E-state index is 10.4. The van der Waals surface area contributed by atoms with Crippen LogP contribution in [0.25, 0.3) is 0 Å². The minimum atomic E-state index is -0.256. The van der Waals surface area contributed by atoms with Crippen LogP contribution in [0, 0.1) is 0 Å². The molecule has 1 saturated heterocycles. The van der Waals surface area contributed by atoms with Crippen LogP contribution in [0.5, 0.6) is 0 Å². The summed E-state index contributed by atoms with van der Waals surface area (Å²) in [5, 5.41) is 14.6. The highest BCUT2D eigenvalue weighted by Gasteiger charge is 2.20. The molecule has 1 aliphatic heterocycles. The van der Waals surface area contributed by atoms with Gasteiger partial charge in [0.2, 0.25) is 0 Å². The molecule has 2 amide bonds. The number of aliphatic hydroxyl groups excluding tert-OH is 1. The number of carbonyl (C=O) groups excluding carboxylic acids is 1. The normalized spacial score (nSPS) is 25.4. The summed E-state index contributed by atoms with van der Waals surface area (Å²) in [7, 11) is 0. The van der Waals surface area contributed by atoms with Gasteiger partial charge in [-0.3, -0.25) is 0 Å². The molecule has 0 aromatic heterocycles. The van der Waals surface area contributed by atoms with Crippen LogP contribution in [-0.4, -0.2) is 30.3 Å². The van der Waals surface area contributed by atoms with E-state index >= 15 is 0 Å². The Hall–Kier alpha value is -0.770. The highest BCUT2D eigenvalue weighted by Crippen LogP contribution is 1.96. The predicted molar refractivity (Wildman–Crippen MR) is 31.0 cm³/mol. The number of aliphatic hydroxyl groups is 1. The summed E-state index contributed by atoms with van der Waals surface area (Å²) < 4.78 is 0. The van der Waals surface area contributed by atoms with E-state index in [2.05, 4.69) is 10.6 Å². The van der Waals surface area contributed by atoms with Gasteiger partial charge < -0.3 is 10.4 Å². The van der Waals surface area contributed by atoms with Gasteiger partial charge in [-0.2, -0.15) is 0 Å². The number of rotatable bonds is 2. The first kappa shape index (κ1) is 6.35. The monoisotopic (exact) mass is 129 g/mol. The van der Waals surface area contributed by atoms with Crippen LogP contribution < -0.4 is 10.6 Å². The van der Waals surface area contributed by atoms with E-state index in [0.29, 0.717) is 13.0 Å². The van der Waals surface area contributed by atoms with Crippen molar-refractivity contribution >= 4 is 6.03 Å². The molecule has 9 heavy (non-hydrogen) atoms. The van der Waals surface area contributed by atoms with Crippen LogP contribution in [0.4, 0.5) is 4.79 Å². The van der Waals surface area contributed by atoms with Crippen LogP contribution in [-0.2, 0) is 0 Å². The van der Waals surface area contributed by atoms with Gasteiger partial charge in [0.1, 0.15) is 0 Å². The molecular formula is C5H9N2O2. The second-order valence-electron chi connectivity index (χ2n) is 1.98. The van der Waals surface area contributed by atoms with Crippen LogP contribution >= 0.6 is 0 Å². The van der Waals surface area contributed by atoms with Gasteiger partial charge in [0.15, 0.2) is 0 Å². The Balaban J connectivity index is 2.22. The minimum absolute atomic E-state index is 0.00231. The van der Waals surface area contributed by atoms with Crippen molar-refractivity contribution in [3.8, 4) is 0 Å². The molecule has 1 heterocycles. The van der Waals surface area contributed by atoms with Crippen molar-refractivity contribution in [3.63, 3.8) is 0 Å². The van der Waals surface area contributed by atoms with Crippen LogP contribution in [0.1, 0.15) is 6.42 Å². The molecule has 1 radical (unpaired) electrons. The van der Waals surface area contributed by atoms with E-state index < -0.39 is 0 Å². The zero-order chi connectivity index (χ0) is 6.69. The highest BCUT2D eigenvalue weighted by molar-refractivity contribution is 5.76. The molecule has 4 heteroatoms. The SMILES string of the molecule is O=C1[N]C(CCO)CN1. The molecule has 0 aliphatic carbocycles.